The molecule has 1 unspecified atom stereocenters. The minimum atomic E-state index is 0.865. The molecule has 2 aliphatic rings. The van der Waals surface area contributed by atoms with Gasteiger partial charge in [-0.3, -0.25) is 4.79 Å². The lowest BCUT2D eigenvalue weighted by Gasteiger charge is -2.31. The SMILES string of the molecule is O=C/C=C1/CCCCCC(C2CCCCCCC2)C1. The average Bonchev–Trinajstić information content (AvgIpc) is 2.33. The predicted molar refractivity (Wildman–Crippen MR) is 81.1 cm³/mol. The van der Waals surface area contributed by atoms with Crippen LogP contribution in [0.2, 0.25) is 0 Å². The van der Waals surface area contributed by atoms with Gasteiger partial charge in [-0.25, -0.2) is 0 Å². The Morgan fingerprint density at radius 2 is 1.32 bits per heavy atom. The molecule has 1 atom stereocenters. The van der Waals surface area contributed by atoms with Crippen molar-refractivity contribution in [1.29, 1.82) is 0 Å². The van der Waals surface area contributed by atoms with Crippen molar-refractivity contribution in [3.63, 3.8) is 0 Å². The van der Waals surface area contributed by atoms with Crippen molar-refractivity contribution in [2.24, 2.45) is 11.8 Å². The predicted octanol–water partition coefficient (Wildman–Crippen LogP) is 5.44. The first-order valence-corrected chi connectivity index (χ1v) is 8.53. The zero-order chi connectivity index (χ0) is 13.3. The van der Waals surface area contributed by atoms with Crippen molar-refractivity contribution in [2.75, 3.05) is 0 Å². The summed E-state index contributed by atoms with van der Waals surface area (Å²) in [7, 11) is 0. The molecule has 0 N–H and O–H groups in total. The molecule has 2 saturated carbocycles. The molecule has 0 aromatic carbocycles. The number of aldehydes is 1. The normalized spacial score (nSPS) is 30.1. The summed E-state index contributed by atoms with van der Waals surface area (Å²) >= 11 is 0. The zero-order valence-electron chi connectivity index (χ0n) is 12.4. The van der Waals surface area contributed by atoms with Gasteiger partial charge in [-0.1, -0.05) is 63.4 Å². The first-order chi connectivity index (χ1) is 9.40. The molecule has 19 heavy (non-hydrogen) atoms. The van der Waals surface area contributed by atoms with E-state index in [4.69, 9.17) is 0 Å². The van der Waals surface area contributed by atoms with Gasteiger partial charge in [0, 0.05) is 0 Å². The lowest BCUT2D eigenvalue weighted by atomic mass is 9.75. The Morgan fingerprint density at radius 3 is 2.00 bits per heavy atom. The molecule has 0 aromatic rings. The highest BCUT2D eigenvalue weighted by molar-refractivity contribution is 5.66. The number of allylic oxidation sites excluding steroid dienone is 2. The third-order valence-corrected chi connectivity index (χ3v) is 5.22. The van der Waals surface area contributed by atoms with Gasteiger partial charge in [-0.15, -0.1) is 0 Å². The van der Waals surface area contributed by atoms with Gasteiger partial charge in [0.05, 0.1) is 0 Å². The summed E-state index contributed by atoms with van der Waals surface area (Å²) in [5.74, 6) is 1.80. The third-order valence-electron chi connectivity index (χ3n) is 5.22. The molecule has 0 saturated heterocycles. The van der Waals surface area contributed by atoms with Gasteiger partial charge in [0.1, 0.15) is 6.29 Å². The first kappa shape index (κ1) is 14.8. The molecule has 1 heteroatoms. The van der Waals surface area contributed by atoms with E-state index in [2.05, 4.69) is 0 Å². The van der Waals surface area contributed by atoms with Crippen molar-refractivity contribution < 1.29 is 4.79 Å². The fraction of sp³-hybridized carbons (Fsp3) is 0.833. The quantitative estimate of drug-likeness (QED) is 0.478. The van der Waals surface area contributed by atoms with Gasteiger partial charge in [0.2, 0.25) is 0 Å². The van der Waals surface area contributed by atoms with Crippen molar-refractivity contribution >= 4 is 6.29 Å². The summed E-state index contributed by atoms with van der Waals surface area (Å²) in [5, 5.41) is 0. The molecule has 0 aliphatic heterocycles. The summed E-state index contributed by atoms with van der Waals surface area (Å²) in [5.41, 5.74) is 1.43. The minimum Gasteiger partial charge on any atom is -0.299 e. The van der Waals surface area contributed by atoms with Gasteiger partial charge in [0.15, 0.2) is 0 Å². The summed E-state index contributed by atoms with van der Waals surface area (Å²) < 4.78 is 0. The first-order valence-electron chi connectivity index (χ1n) is 8.53. The van der Waals surface area contributed by atoms with Crippen LogP contribution in [0.3, 0.4) is 0 Å². The zero-order valence-corrected chi connectivity index (χ0v) is 12.4. The van der Waals surface area contributed by atoms with Crippen LogP contribution in [0.25, 0.3) is 0 Å². The second kappa shape index (κ2) is 8.55. The van der Waals surface area contributed by atoms with E-state index in [-0.39, 0.29) is 0 Å². The van der Waals surface area contributed by atoms with E-state index in [9.17, 15) is 4.79 Å². The highest BCUT2D eigenvalue weighted by atomic mass is 16.1. The van der Waals surface area contributed by atoms with E-state index in [1.807, 2.05) is 6.08 Å². The Labute approximate surface area is 118 Å². The molecule has 0 aromatic heterocycles. The summed E-state index contributed by atoms with van der Waals surface area (Å²) in [6, 6.07) is 0. The number of hydrogen-bond donors (Lipinski definition) is 0. The van der Waals surface area contributed by atoms with Crippen molar-refractivity contribution in [3.8, 4) is 0 Å². The van der Waals surface area contributed by atoms with Crippen LogP contribution in [0.5, 0.6) is 0 Å². The van der Waals surface area contributed by atoms with Crippen molar-refractivity contribution in [3.05, 3.63) is 11.6 Å². The van der Waals surface area contributed by atoms with Gasteiger partial charge in [0.25, 0.3) is 0 Å². The van der Waals surface area contributed by atoms with Crippen LogP contribution in [0, 0.1) is 11.8 Å². The highest BCUT2D eigenvalue weighted by Gasteiger charge is 2.23. The molecular formula is C18H30O. The number of carbonyl (C=O) groups excluding carboxylic acids is 1. The lowest BCUT2D eigenvalue weighted by Crippen LogP contribution is -2.18. The van der Waals surface area contributed by atoms with Crippen molar-refractivity contribution in [2.45, 2.75) is 83.5 Å². The molecule has 0 amide bonds. The molecule has 0 bridgehead atoms. The Hall–Kier alpha value is -0.590. The molecular weight excluding hydrogens is 232 g/mol. The topological polar surface area (TPSA) is 17.1 Å². The van der Waals surface area contributed by atoms with Gasteiger partial charge < -0.3 is 0 Å². The van der Waals surface area contributed by atoms with Crippen LogP contribution in [-0.2, 0) is 4.79 Å². The van der Waals surface area contributed by atoms with Gasteiger partial charge >= 0.3 is 0 Å². The summed E-state index contributed by atoms with van der Waals surface area (Å²) in [6.07, 6.45) is 20.8. The third kappa shape index (κ3) is 5.12. The molecule has 0 radical (unpaired) electrons. The van der Waals surface area contributed by atoms with Gasteiger partial charge in [-0.05, 0) is 43.6 Å². The Balaban J connectivity index is 1.96. The van der Waals surface area contributed by atoms with Gasteiger partial charge in [-0.2, -0.15) is 0 Å². The Kier molecular flexibility index (Phi) is 6.67. The maximum Gasteiger partial charge on any atom is 0.142 e. The van der Waals surface area contributed by atoms with Crippen molar-refractivity contribution in [1.82, 2.24) is 0 Å². The van der Waals surface area contributed by atoms with Crippen LogP contribution in [0.1, 0.15) is 83.5 Å². The average molecular weight is 262 g/mol. The summed E-state index contributed by atoms with van der Waals surface area (Å²) in [6.45, 7) is 0. The second-order valence-electron chi connectivity index (χ2n) is 6.63. The largest absolute Gasteiger partial charge is 0.299 e. The molecule has 2 fully saturated rings. The van der Waals surface area contributed by atoms with Crippen LogP contribution in [0.15, 0.2) is 11.6 Å². The number of carbonyl (C=O) groups is 1. The van der Waals surface area contributed by atoms with E-state index >= 15 is 0 Å². The van der Waals surface area contributed by atoms with Crippen LogP contribution in [-0.4, -0.2) is 6.29 Å². The van der Waals surface area contributed by atoms with Crippen LogP contribution in [0.4, 0.5) is 0 Å². The molecule has 0 heterocycles. The van der Waals surface area contributed by atoms with E-state index < -0.39 is 0 Å². The van der Waals surface area contributed by atoms with E-state index in [0.717, 1.165) is 18.1 Å². The monoisotopic (exact) mass is 262 g/mol. The maximum absolute atomic E-state index is 10.8. The lowest BCUT2D eigenvalue weighted by molar-refractivity contribution is -0.104. The van der Waals surface area contributed by atoms with Crippen LogP contribution < -0.4 is 0 Å². The minimum absolute atomic E-state index is 0.865. The van der Waals surface area contributed by atoms with Crippen LogP contribution >= 0.6 is 0 Å². The number of hydrogen-bond acceptors (Lipinski definition) is 1. The maximum atomic E-state index is 10.8. The molecule has 2 aliphatic carbocycles. The second-order valence-corrected chi connectivity index (χ2v) is 6.63. The fourth-order valence-electron chi connectivity index (χ4n) is 4.09. The highest BCUT2D eigenvalue weighted by Crippen LogP contribution is 2.37. The Bertz CT molecular complexity index is 284. The molecule has 1 nitrogen and oxygen atoms in total. The fourth-order valence-corrected chi connectivity index (χ4v) is 4.09. The molecule has 0 spiro atoms. The Morgan fingerprint density at radius 1 is 0.737 bits per heavy atom. The van der Waals surface area contributed by atoms with E-state index in [1.54, 1.807) is 0 Å². The van der Waals surface area contributed by atoms with E-state index in [0.29, 0.717) is 0 Å². The molecule has 2 rings (SSSR count). The van der Waals surface area contributed by atoms with E-state index in [1.165, 1.54) is 89.0 Å². The smallest absolute Gasteiger partial charge is 0.142 e. The number of rotatable bonds is 2. The molecule has 108 valence electrons. The summed E-state index contributed by atoms with van der Waals surface area (Å²) in [4.78, 5) is 10.8. The standard InChI is InChI=1S/C18H30O/c19-14-13-16-9-5-4-8-12-18(15-16)17-10-6-2-1-3-7-11-17/h13-14,17-18H,1-12,15H2/b16-13-.